The molecule has 0 saturated carbocycles. The number of aryl methyl sites for hydroxylation is 1. The van der Waals surface area contributed by atoms with Crippen LogP contribution in [-0.4, -0.2) is 28.1 Å². The van der Waals surface area contributed by atoms with Gasteiger partial charge in [0.2, 0.25) is 0 Å². The average Bonchev–Trinajstić information content (AvgIpc) is 3.33. The van der Waals surface area contributed by atoms with Crippen LogP contribution < -0.4 is 4.90 Å². The van der Waals surface area contributed by atoms with Gasteiger partial charge in [0.05, 0.1) is 19.3 Å². The molecule has 1 aromatic heterocycles. The van der Waals surface area contributed by atoms with E-state index in [2.05, 4.69) is 46.4 Å². The summed E-state index contributed by atoms with van der Waals surface area (Å²) in [4.78, 5) is 2.18. The second-order valence-electron chi connectivity index (χ2n) is 6.37. The monoisotopic (exact) mass is 352 g/mol. The van der Waals surface area contributed by atoms with Gasteiger partial charge < -0.3 is 9.64 Å². The number of aromatic nitrogens is 3. The van der Waals surface area contributed by atoms with Crippen LogP contribution in [0, 0.1) is 5.82 Å². The molecular weight excluding hydrogens is 331 g/mol. The van der Waals surface area contributed by atoms with Crippen molar-refractivity contribution in [1.82, 2.24) is 15.0 Å². The first-order valence-electron chi connectivity index (χ1n) is 8.85. The number of anilines is 1. The maximum atomic E-state index is 13.8. The summed E-state index contributed by atoms with van der Waals surface area (Å²) in [5.74, 6) is -0.237. The zero-order valence-electron chi connectivity index (χ0n) is 14.7. The fourth-order valence-electron chi connectivity index (χ4n) is 3.21. The minimum atomic E-state index is -0.267. The fraction of sp³-hybridized carbons (Fsp3) is 0.300. The van der Waals surface area contributed by atoms with E-state index >= 15 is 0 Å². The van der Waals surface area contributed by atoms with Crippen molar-refractivity contribution >= 4 is 5.69 Å². The van der Waals surface area contributed by atoms with E-state index in [-0.39, 0.29) is 12.0 Å². The summed E-state index contributed by atoms with van der Waals surface area (Å²) < 4.78 is 21.4. The minimum Gasteiger partial charge on any atom is -0.350 e. The summed E-state index contributed by atoms with van der Waals surface area (Å²) in [6.07, 6.45) is 2.58. The highest BCUT2D eigenvalue weighted by molar-refractivity contribution is 5.49. The summed E-state index contributed by atoms with van der Waals surface area (Å²) in [5, 5.41) is 8.40. The van der Waals surface area contributed by atoms with Crippen molar-refractivity contribution in [3.8, 4) is 0 Å². The van der Waals surface area contributed by atoms with Gasteiger partial charge in [-0.1, -0.05) is 42.5 Å². The van der Waals surface area contributed by atoms with Crippen LogP contribution in [0.3, 0.4) is 0 Å². The van der Waals surface area contributed by atoms with Gasteiger partial charge >= 0.3 is 0 Å². The molecule has 134 valence electrons. The number of halogens is 1. The molecule has 0 bridgehead atoms. The molecule has 1 aliphatic heterocycles. The number of hydrogen-bond donors (Lipinski definition) is 0. The quantitative estimate of drug-likeness (QED) is 0.704. The van der Waals surface area contributed by atoms with Gasteiger partial charge in [0.25, 0.3) is 0 Å². The zero-order valence-corrected chi connectivity index (χ0v) is 14.7. The maximum Gasteiger partial charge on any atom is 0.177 e. The molecule has 5 nitrogen and oxygen atoms in total. The lowest BCUT2D eigenvalue weighted by atomic mass is 10.1. The Morgan fingerprint density at radius 1 is 1.15 bits per heavy atom. The van der Waals surface area contributed by atoms with E-state index in [1.54, 1.807) is 16.8 Å². The van der Waals surface area contributed by atoms with Gasteiger partial charge in [-0.25, -0.2) is 9.07 Å². The fourth-order valence-corrected chi connectivity index (χ4v) is 3.21. The maximum absolute atomic E-state index is 13.8. The first kappa shape index (κ1) is 16.7. The Hall–Kier alpha value is -2.73. The summed E-state index contributed by atoms with van der Waals surface area (Å²) in [6, 6.07) is 15.2. The first-order valence-corrected chi connectivity index (χ1v) is 8.85. The third-order valence-corrected chi connectivity index (χ3v) is 4.67. The molecule has 1 aliphatic rings. The van der Waals surface area contributed by atoms with Crippen molar-refractivity contribution in [2.24, 2.45) is 0 Å². The first-order chi connectivity index (χ1) is 12.7. The van der Waals surface area contributed by atoms with Crippen LogP contribution in [0.25, 0.3) is 0 Å². The van der Waals surface area contributed by atoms with Gasteiger partial charge in [0, 0.05) is 17.8 Å². The van der Waals surface area contributed by atoms with Gasteiger partial charge in [-0.05, 0) is 30.2 Å². The summed E-state index contributed by atoms with van der Waals surface area (Å²) in [7, 11) is 0. The number of rotatable bonds is 5. The van der Waals surface area contributed by atoms with Crippen LogP contribution in [0.2, 0.25) is 0 Å². The van der Waals surface area contributed by atoms with Crippen molar-refractivity contribution in [1.29, 1.82) is 0 Å². The second-order valence-corrected chi connectivity index (χ2v) is 6.37. The lowest BCUT2D eigenvalue weighted by molar-refractivity contribution is 0.110. The van der Waals surface area contributed by atoms with Gasteiger partial charge in [-0.15, -0.1) is 5.10 Å². The van der Waals surface area contributed by atoms with Crippen LogP contribution >= 0.6 is 0 Å². The largest absolute Gasteiger partial charge is 0.350 e. The Kier molecular flexibility index (Phi) is 4.67. The number of ether oxygens (including phenoxy) is 1. The molecule has 0 amide bonds. The van der Waals surface area contributed by atoms with Crippen molar-refractivity contribution < 1.29 is 9.13 Å². The van der Waals surface area contributed by atoms with E-state index < -0.39 is 0 Å². The average molecular weight is 352 g/mol. The Morgan fingerprint density at radius 2 is 1.96 bits per heavy atom. The standard InChI is InChI=1S/C20H21FN4O/c1-2-15-7-9-17(10-8-15)25-11-12-26-20(25)19-14-24(23-22-19)13-16-5-3-4-6-18(16)21/h3-10,14,20H,2,11-13H2,1H3/t20-/m1/s1. The van der Waals surface area contributed by atoms with E-state index in [4.69, 9.17) is 4.74 Å². The van der Waals surface area contributed by atoms with Gasteiger partial charge in [0.1, 0.15) is 11.5 Å². The predicted octanol–water partition coefficient (Wildman–Crippen LogP) is 3.56. The number of benzene rings is 2. The summed E-state index contributed by atoms with van der Waals surface area (Å²) in [5.41, 5.74) is 3.73. The molecule has 0 unspecified atom stereocenters. The molecule has 0 radical (unpaired) electrons. The van der Waals surface area contributed by atoms with Gasteiger partial charge in [-0.3, -0.25) is 0 Å². The van der Waals surface area contributed by atoms with Crippen LogP contribution in [0.1, 0.15) is 30.0 Å². The molecule has 1 saturated heterocycles. The van der Waals surface area contributed by atoms with Crippen LogP contribution in [0.5, 0.6) is 0 Å². The Bertz CT molecular complexity index is 878. The molecule has 26 heavy (non-hydrogen) atoms. The molecular formula is C20H21FN4O. The van der Waals surface area contributed by atoms with Crippen molar-refractivity contribution in [2.75, 3.05) is 18.1 Å². The smallest absolute Gasteiger partial charge is 0.177 e. The highest BCUT2D eigenvalue weighted by Gasteiger charge is 2.29. The number of hydrogen-bond acceptors (Lipinski definition) is 4. The zero-order chi connectivity index (χ0) is 17.9. The second kappa shape index (κ2) is 7.25. The molecule has 2 aromatic carbocycles. The van der Waals surface area contributed by atoms with E-state index in [0.717, 1.165) is 24.3 Å². The molecule has 1 atom stereocenters. The molecule has 2 heterocycles. The van der Waals surface area contributed by atoms with Gasteiger partial charge in [-0.2, -0.15) is 0 Å². The van der Waals surface area contributed by atoms with E-state index in [0.29, 0.717) is 18.7 Å². The molecule has 3 aromatic rings. The molecule has 1 fully saturated rings. The highest BCUT2D eigenvalue weighted by atomic mass is 19.1. The summed E-state index contributed by atoms with van der Waals surface area (Å²) in [6.45, 7) is 3.93. The van der Waals surface area contributed by atoms with Crippen LogP contribution in [0.4, 0.5) is 10.1 Å². The topological polar surface area (TPSA) is 43.2 Å². The van der Waals surface area contributed by atoms with Crippen molar-refractivity contribution in [3.05, 3.63) is 77.4 Å². The molecule has 0 N–H and O–H groups in total. The lowest BCUT2D eigenvalue weighted by Gasteiger charge is -2.23. The molecule has 4 rings (SSSR count). The van der Waals surface area contributed by atoms with Crippen molar-refractivity contribution in [3.63, 3.8) is 0 Å². The van der Waals surface area contributed by atoms with Crippen LogP contribution in [-0.2, 0) is 17.7 Å². The third kappa shape index (κ3) is 3.32. The lowest BCUT2D eigenvalue weighted by Crippen LogP contribution is -2.23. The van der Waals surface area contributed by atoms with Gasteiger partial charge in [0.15, 0.2) is 6.23 Å². The Labute approximate surface area is 152 Å². The van der Waals surface area contributed by atoms with E-state index in [1.807, 2.05) is 12.3 Å². The number of nitrogens with zero attached hydrogens (tertiary/aromatic N) is 4. The Balaban J connectivity index is 1.53. The highest BCUT2D eigenvalue weighted by Crippen LogP contribution is 2.31. The SMILES string of the molecule is CCc1ccc(N2CCO[C@@H]2c2cn(Cc3ccccc3F)nn2)cc1. The minimum absolute atomic E-state index is 0.237. The summed E-state index contributed by atoms with van der Waals surface area (Å²) >= 11 is 0. The molecule has 0 aliphatic carbocycles. The van der Waals surface area contributed by atoms with Crippen LogP contribution in [0.15, 0.2) is 54.7 Å². The van der Waals surface area contributed by atoms with Crippen molar-refractivity contribution in [2.45, 2.75) is 26.1 Å². The molecule has 6 heteroatoms. The normalized spacial score (nSPS) is 17.0. The van der Waals surface area contributed by atoms with E-state index in [1.165, 1.54) is 11.6 Å². The molecule has 0 spiro atoms. The van der Waals surface area contributed by atoms with E-state index in [9.17, 15) is 4.39 Å². The predicted molar refractivity (Wildman–Crippen MR) is 97.4 cm³/mol. The third-order valence-electron chi connectivity index (χ3n) is 4.67. The Morgan fingerprint density at radius 3 is 2.73 bits per heavy atom.